The fraction of sp³-hybridized carbons (Fsp3) is 0.190. The third-order valence-electron chi connectivity index (χ3n) is 4.63. The molecule has 0 fully saturated rings. The number of aryl methyl sites for hydroxylation is 1. The quantitative estimate of drug-likeness (QED) is 0.724. The summed E-state index contributed by atoms with van der Waals surface area (Å²) in [4.78, 5) is 14.3. The lowest BCUT2D eigenvalue weighted by Crippen LogP contribution is -2.24. The van der Waals surface area contributed by atoms with Gasteiger partial charge in [-0.3, -0.25) is 4.79 Å². The Bertz CT molecular complexity index is 1130. The van der Waals surface area contributed by atoms with Gasteiger partial charge in [0.1, 0.15) is 0 Å². The molecule has 6 heteroatoms. The Hall–Kier alpha value is -2.44. The van der Waals surface area contributed by atoms with E-state index in [0.29, 0.717) is 27.4 Å². The molecule has 0 unspecified atom stereocenters. The third-order valence-corrected chi connectivity index (χ3v) is 7.55. The SMILES string of the molecule is Cc1cccc(CCNC(=O)c2cc3c(s2)-c2ccccc2S(=O)(=O)C3)c1. The minimum Gasteiger partial charge on any atom is -0.351 e. The van der Waals surface area contributed by atoms with E-state index in [1.165, 1.54) is 22.5 Å². The molecule has 4 nitrogen and oxygen atoms in total. The number of nitrogens with one attached hydrogen (secondary N) is 1. The smallest absolute Gasteiger partial charge is 0.261 e. The molecule has 2 aromatic carbocycles. The standard InChI is InChI=1S/C21H19NO3S2/c1-14-5-4-6-15(11-14)9-10-22-21(23)18-12-16-13-27(24,25)19-8-3-2-7-17(19)20(16)26-18/h2-8,11-12H,9-10,13H2,1H3,(H,22,23). The van der Waals surface area contributed by atoms with Gasteiger partial charge in [0.05, 0.1) is 15.5 Å². The normalized spacial score (nSPS) is 14.3. The monoisotopic (exact) mass is 397 g/mol. The first kappa shape index (κ1) is 17.9. The van der Waals surface area contributed by atoms with E-state index >= 15 is 0 Å². The third kappa shape index (κ3) is 3.55. The zero-order valence-electron chi connectivity index (χ0n) is 14.9. The first-order chi connectivity index (χ1) is 12.9. The predicted molar refractivity (Wildman–Crippen MR) is 108 cm³/mol. The number of amides is 1. The minimum absolute atomic E-state index is 0.0492. The topological polar surface area (TPSA) is 63.2 Å². The van der Waals surface area contributed by atoms with Gasteiger partial charge in [-0.1, -0.05) is 48.0 Å². The Balaban J connectivity index is 1.52. The molecule has 0 atom stereocenters. The van der Waals surface area contributed by atoms with Crippen LogP contribution in [-0.2, 0) is 22.0 Å². The average Bonchev–Trinajstić information content (AvgIpc) is 3.05. The summed E-state index contributed by atoms with van der Waals surface area (Å²) in [7, 11) is -3.35. The fourth-order valence-corrected chi connectivity index (χ4v) is 6.23. The number of hydrogen-bond acceptors (Lipinski definition) is 4. The Labute approximate surface area is 162 Å². The van der Waals surface area contributed by atoms with Gasteiger partial charge in [0.25, 0.3) is 5.91 Å². The lowest BCUT2D eigenvalue weighted by Gasteiger charge is -2.15. The highest BCUT2D eigenvalue weighted by atomic mass is 32.2. The van der Waals surface area contributed by atoms with Gasteiger partial charge in [-0.15, -0.1) is 11.3 Å². The van der Waals surface area contributed by atoms with Crippen LogP contribution in [0.2, 0.25) is 0 Å². The van der Waals surface area contributed by atoms with Crippen LogP contribution in [0.25, 0.3) is 10.4 Å². The summed E-state index contributed by atoms with van der Waals surface area (Å²) in [6.45, 7) is 2.59. The zero-order valence-corrected chi connectivity index (χ0v) is 16.5. The number of benzene rings is 2. The molecule has 0 bridgehead atoms. The number of sulfone groups is 1. The summed E-state index contributed by atoms with van der Waals surface area (Å²) >= 11 is 1.36. The first-order valence-electron chi connectivity index (χ1n) is 8.73. The van der Waals surface area contributed by atoms with Crippen molar-refractivity contribution in [3.8, 4) is 10.4 Å². The van der Waals surface area contributed by atoms with Crippen molar-refractivity contribution in [1.82, 2.24) is 5.32 Å². The highest BCUT2D eigenvalue weighted by Crippen LogP contribution is 2.42. The van der Waals surface area contributed by atoms with Gasteiger partial charge in [0.15, 0.2) is 9.84 Å². The van der Waals surface area contributed by atoms with Gasteiger partial charge in [0.2, 0.25) is 0 Å². The molecule has 0 saturated heterocycles. The van der Waals surface area contributed by atoms with Gasteiger partial charge in [0, 0.05) is 17.0 Å². The number of fused-ring (bicyclic) bond motifs is 3. The van der Waals surface area contributed by atoms with Crippen molar-refractivity contribution in [1.29, 1.82) is 0 Å². The molecule has 3 aromatic rings. The van der Waals surface area contributed by atoms with Crippen LogP contribution in [0.1, 0.15) is 26.4 Å². The Morgan fingerprint density at radius 2 is 1.93 bits per heavy atom. The maximum absolute atomic E-state index is 12.5. The summed E-state index contributed by atoms with van der Waals surface area (Å²) in [5.41, 5.74) is 3.79. The van der Waals surface area contributed by atoms with Crippen LogP contribution in [0.15, 0.2) is 59.5 Å². The van der Waals surface area contributed by atoms with Crippen LogP contribution in [0.3, 0.4) is 0 Å². The molecule has 0 spiro atoms. The van der Waals surface area contributed by atoms with Crippen molar-refractivity contribution >= 4 is 27.1 Å². The maximum Gasteiger partial charge on any atom is 0.261 e. The fourth-order valence-electron chi connectivity index (χ4n) is 3.36. The van der Waals surface area contributed by atoms with Gasteiger partial charge in [-0.05, 0) is 36.6 Å². The van der Waals surface area contributed by atoms with Crippen LogP contribution in [0.4, 0.5) is 0 Å². The molecule has 138 valence electrons. The summed E-state index contributed by atoms with van der Waals surface area (Å²) in [6, 6.07) is 16.9. The molecule has 0 aliphatic carbocycles. The number of rotatable bonds is 4. The largest absolute Gasteiger partial charge is 0.351 e. The van der Waals surface area contributed by atoms with E-state index in [0.717, 1.165) is 11.3 Å². The second kappa shape index (κ2) is 6.94. The number of thiophene rings is 1. The summed E-state index contributed by atoms with van der Waals surface area (Å²) in [5, 5.41) is 2.94. The van der Waals surface area contributed by atoms with E-state index in [2.05, 4.69) is 11.4 Å². The van der Waals surface area contributed by atoms with Gasteiger partial charge in [-0.25, -0.2) is 8.42 Å². The Morgan fingerprint density at radius 3 is 2.74 bits per heavy atom. The highest BCUT2D eigenvalue weighted by Gasteiger charge is 2.30. The van der Waals surface area contributed by atoms with E-state index < -0.39 is 9.84 Å². The van der Waals surface area contributed by atoms with Crippen LogP contribution in [0, 0.1) is 6.92 Å². The minimum atomic E-state index is -3.35. The first-order valence-corrected chi connectivity index (χ1v) is 11.2. The number of carbonyl (C=O) groups excluding carboxylic acids is 1. The van der Waals surface area contributed by atoms with E-state index in [-0.39, 0.29) is 11.7 Å². The molecule has 2 heterocycles. The van der Waals surface area contributed by atoms with E-state index in [4.69, 9.17) is 0 Å². The van der Waals surface area contributed by atoms with Crippen LogP contribution < -0.4 is 5.32 Å². The van der Waals surface area contributed by atoms with Crippen molar-refractivity contribution in [2.24, 2.45) is 0 Å². The molecular weight excluding hydrogens is 378 g/mol. The van der Waals surface area contributed by atoms with Crippen LogP contribution in [0.5, 0.6) is 0 Å². The molecule has 1 aliphatic rings. The molecule has 0 radical (unpaired) electrons. The van der Waals surface area contributed by atoms with E-state index in [9.17, 15) is 13.2 Å². The van der Waals surface area contributed by atoms with Crippen molar-refractivity contribution in [3.05, 3.63) is 76.2 Å². The predicted octanol–water partition coefficient (Wildman–Crippen LogP) is 3.98. The number of carbonyl (C=O) groups is 1. The van der Waals surface area contributed by atoms with E-state index in [1.54, 1.807) is 24.3 Å². The van der Waals surface area contributed by atoms with Crippen LogP contribution in [-0.4, -0.2) is 20.9 Å². The highest BCUT2D eigenvalue weighted by molar-refractivity contribution is 7.91. The van der Waals surface area contributed by atoms with Crippen LogP contribution >= 0.6 is 11.3 Å². The molecule has 1 aromatic heterocycles. The second-order valence-corrected chi connectivity index (χ2v) is 9.73. The van der Waals surface area contributed by atoms with Gasteiger partial charge in [-0.2, -0.15) is 0 Å². The zero-order chi connectivity index (χ0) is 19.0. The van der Waals surface area contributed by atoms with E-state index in [1.807, 2.05) is 31.2 Å². The van der Waals surface area contributed by atoms with Crippen molar-refractivity contribution in [3.63, 3.8) is 0 Å². The molecule has 1 N–H and O–H groups in total. The molecule has 27 heavy (non-hydrogen) atoms. The van der Waals surface area contributed by atoms with Crippen molar-refractivity contribution < 1.29 is 13.2 Å². The summed E-state index contributed by atoms with van der Waals surface area (Å²) in [6.07, 6.45) is 0.760. The summed E-state index contributed by atoms with van der Waals surface area (Å²) in [5.74, 6) is -0.205. The molecular formula is C21H19NO3S2. The molecule has 4 rings (SSSR count). The number of hydrogen-bond donors (Lipinski definition) is 1. The second-order valence-electron chi connectivity index (χ2n) is 6.72. The van der Waals surface area contributed by atoms with Crippen molar-refractivity contribution in [2.75, 3.05) is 6.54 Å². The molecule has 1 amide bonds. The lowest BCUT2D eigenvalue weighted by atomic mass is 10.1. The summed E-state index contributed by atoms with van der Waals surface area (Å²) < 4.78 is 25.0. The average molecular weight is 398 g/mol. The molecule has 1 aliphatic heterocycles. The van der Waals surface area contributed by atoms with Gasteiger partial charge < -0.3 is 5.32 Å². The van der Waals surface area contributed by atoms with Gasteiger partial charge >= 0.3 is 0 Å². The molecule has 0 saturated carbocycles. The van der Waals surface area contributed by atoms with Crippen molar-refractivity contribution in [2.45, 2.75) is 24.0 Å². The Morgan fingerprint density at radius 1 is 1.11 bits per heavy atom. The maximum atomic E-state index is 12.5. The Kier molecular flexibility index (Phi) is 4.61. The lowest BCUT2D eigenvalue weighted by molar-refractivity contribution is 0.0958.